The van der Waals surface area contributed by atoms with E-state index in [-0.39, 0.29) is 5.91 Å². The first-order chi connectivity index (χ1) is 14.2. The maximum atomic E-state index is 12.5. The van der Waals surface area contributed by atoms with Gasteiger partial charge in [0.15, 0.2) is 11.5 Å². The maximum Gasteiger partial charge on any atom is 0.252 e. The minimum Gasteiger partial charge on any atom is -0.493 e. The SMILES string of the molecule is COc1ccc(CCNC(=O)c2cncc(NCc3ccccc3)c2)cc1OC. The van der Waals surface area contributed by atoms with Crippen LogP contribution in [0.4, 0.5) is 5.69 Å². The number of methoxy groups -OCH3 is 2. The number of ether oxygens (including phenoxy) is 2. The van der Waals surface area contributed by atoms with E-state index in [0.717, 1.165) is 16.8 Å². The van der Waals surface area contributed by atoms with E-state index in [1.165, 1.54) is 0 Å². The number of carbonyl (C=O) groups is 1. The minimum absolute atomic E-state index is 0.152. The molecular formula is C23H25N3O3. The van der Waals surface area contributed by atoms with Crippen molar-refractivity contribution >= 4 is 11.6 Å². The summed E-state index contributed by atoms with van der Waals surface area (Å²) in [5.41, 5.74) is 3.55. The number of carbonyl (C=O) groups excluding carboxylic acids is 1. The summed E-state index contributed by atoms with van der Waals surface area (Å²) in [4.78, 5) is 16.6. The molecule has 0 aliphatic carbocycles. The lowest BCUT2D eigenvalue weighted by Gasteiger charge is -2.11. The number of nitrogens with one attached hydrogen (secondary N) is 2. The molecule has 2 N–H and O–H groups in total. The Hall–Kier alpha value is -3.54. The molecule has 150 valence electrons. The fourth-order valence-corrected chi connectivity index (χ4v) is 2.92. The molecule has 0 aliphatic heterocycles. The number of anilines is 1. The molecule has 0 spiro atoms. The van der Waals surface area contributed by atoms with Crippen LogP contribution in [-0.4, -0.2) is 31.7 Å². The molecule has 1 aromatic heterocycles. The number of pyridine rings is 1. The summed E-state index contributed by atoms with van der Waals surface area (Å²) >= 11 is 0. The molecule has 6 heteroatoms. The van der Waals surface area contributed by atoms with Crippen molar-refractivity contribution in [2.45, 2.75) is 13.0 Å². The first-order valence-corrected chi connectivity index (χ1v) is 9.41. The van der Waals surface area contributed by atoms with E-state index in [9.17, 15) is 4.79 Å². The molecule has 0 saturated carbocycles. The topological polar surface area (TPSA) is 72.5 Å². The fraction of sp³-hybridized carbons (Fsp3) is 0.217. The van der Waals surface area contributed by atoms with Gasteiger partial charge in [0.05, 0.1) is 25.5 Å². The predicted octanol–water partition coefficient (Wildman–Crippen LogP) is 3.68. The fourth-order valence-electron chi connectivity index (χ4n) is 2.92. The van der Waals surface area contributed by atoms with Gasteiger partial charge in [-0.15, -0.1) is 0 Å². The lowest BCUT2D eigenvalue weighted by atomic mass is 10.1. The number of amides is 1. The number of hydrogen-bond acceptors (Lipinski definition) is 5. The summed E-state index contributed by atoms with van der Waals surface area (Å²) in [5, 5.41) is 6.23. The van der Waals surface area contributed by atoms with Gasteiger partial charge in [-0.3, -0.25) is 9.78 Å². The zero-order chi connectivity index (χ0) is 20.5. The molecule has 0 fully saturated rings. The summed E-state index contributed by atoms with van der Waals surface area (Å²) in [6.45, 7) is 1.18. The van der Waals surface area contributed by atoms with Crippen molar-refractivity contribution in [2.75, 3.05) is 26.1 Å². The van der Waals surface area contributed by atoms with Crippen LogP contribution in [0.2, 0.25) is 0 Å². The van der Waals surface area contributed by atoms with Crippen molar-refractivity contribution in [2.24, 2.45) is 0 Å². The zero-order valence-corrected chi connectivity index (χ0v) is 16.6. The summed E-state index contributed by atoms with van der Waals surface area (Å²) in [6.07, 6.45) is 3.97. The Kier molecular flexibility index (Phi) is 7.05. The van der Waals surface area contributed by atoms with E-state index in [0.29, 0.717) is 36.6 Å². The van der Waals surface area contributed by atoms with Crippen LogP contribution in [0.5, 0.6) is 11.5 Å². The van der Waals surface area contributed by atoms with Gasteiger partial charge < -0.3 is 20.1 Å². The monoisotopic (exact) mass is 391 g/mol. The summed E-state index contributed by atoms with van der Waals surface area (Å²) in [7, 11) is 3.21. The number of rotatable bonds is 9. The van der Waals surface area contributed by atoms with Crippen LogP contribution < -0.4 is 20.1 Å². The second kappa shape index (κ2) is 10.1. The largest absolute Gasteiger partial charge is 0.493 e. The molecule has 29 heavy (non-hydrogen) atoms. The van der Waals surface area contributed by atoms with Gasteiger partial charge in [-0.1, -0.05) is 36.4 Å². The third-order valence-corrected chi connectivity index (χ3v) is 4.49. The lowest BCUT2D eigenvalue weighted by Crippen LogP contribution is -2.25. The lowest BCUT2D eigenvalue weighted by molar-refractivity contribution is 0.0954. The van der Waals surface area contributed by atoms with Gasteiger partial charge in [0.2, 0.25) is 0 Å². The number of aromatic nitrogens is 1. The third kappa shape index (κ3) is 5.72. The van der Waals surface area contributed by atoms with Crippen LogP contribution in [0.3, 0.4) is 0 Å². The smallest absolute Gasteiger partial charge is 0.252 e. The van der Waals surface area contributed by atoms with E-state index in [2.05, 4.69) is 15.6 Å². The molecular weight excluding hydrogens is 366 g/mol. The molecule has 1 amide bonds. The first-order valence-electron chi connectivity index (χ1n) is 9.41. The van der Waals surface area contributed by atoms with Crippen LogP contribution in [0, 0.1) is 0 Å². The molecule has 6 nitrogen and oxygen atoms in total. The molecule has 0 unspecified atom stereocenters. The molecule has 0 radical (unpaired) electrons. The average molecular weight is 391 g/mol. The molecule has 3 rings (SSSR count). The molecule has 3 aromatic rings. The minimum atomic E-state index is -0.152. The quantitative estimate of drug-likeness (QED) is 0.582. The van der Waals surface area contributed by atoms with Gasteiger partial charge in [-0.05, 0) is 35.7 Å². The maximum absolute atomic E-state index is 12.5. The Morgan fingerprint density at radius 3 is 2.48 bits per heavy atom. The van der Waals surface area contributed by atoms with Gasteiger partial charge in [0, 0.05) is 25.5 Å². The van der Waals surface area contributed by atoms with Gasteiger partial charge in [-0.25, -0.2) is 0 Å². The second-order valence-corrected chi connectivity index (χ2v) is 6.50. The van der Waals surface area contributed by atoms with Crippen LogP contribution in [-0.2, 0) is 13.0 Å². The number of hydrogen-bond donors (Lipinski definition) is 2. The summed E-state index contributed by atoms with van der Waals surface area (Å²) in [6, 6.07) is 17.6. The Labute approximate surface area is 170 Å². The Morgan fingerprint density at radius 1 is 0.931 bits per heavy atom. The summed E-state index contributed by atoms with van der Waals surface area (Å²) < 4.78 is 10.6. The van der Waals surface area contributed by atoms with Gasteiger partial charge in [-0.2, -0.15) is 0 Å². The van der Waals surface area contributed by atoms with Crippen molar-refractivity contribution in [3.63, 3.8) is 0 Å². The molecule has 2 aromatic carbocycles. The van der Waals surface area contributed by atoms with Crippen molar-refractivity contribution in [3.05, 3.63) is 83.7 Å². The van der Waals surface area contributed by atoms with E-state index < -0.39 is 0 Å². The van der Waals surface area contributed by atoms with E-state index in [4.69, 9.17) is 9.47 Å². The van der Waals surface area contributed by atoms with Crippen LogP contribution in [0.25, 0.3) is 0 Å². The predicted molar refractivity (Wildman–Crippen MR) is 114 cm³/mol. The normalized spacial score (nSPS) is 10.3. The van der Waals surface area contributed by atoms with Crippen molar-refractivity contribution < 1.29 is 14.3 Å². The van der Waals surface area contributed by atoms with Crippen LogP contribution in [0.15, 0.2) is 67.0 Å². The van der Waals surface area contributed by atoms with Crippen LogP contribution in [0.1, 0.15) is 21.5 Å². The molecule has 1 heterocycles. The van der Waals surface area contributed by atoms with E-state index in [1.54, 1.807) is 26.6 Å². The Morgan fingerprint density at radius 2 is 1.72 bits per heavy atom. The van der Waals surface area contributed by atoms with Gasteiger partial charge in [0.1, 0.15) is 0 Å². The van der Waals surface area contributed by atoms with Gasteiger partial charge in [0.25, 0.3) is 5.91 Å². The third-order valence-electron chi connectivity index (χ3n) is 4.49. The van der Waals surface area contributed by atoms with Crippen molar-refractivity contribution in [1.82, 2.24) is 10.3 Å². The van der Waals surface area contributed by atoms with E-state index >= 15 is 0 Å². The zero-order valence-electron chi connectivity index (χ0n) is 16.6. The second-order valence-electron chi connectivity index (χ2n) is 6.50. The number of benzene rings is 2. The number of nitrogens with zero attached hydrogens (tertiary/aromatic N) is 1. The molecule has 0 aliphatic rings. The standard InChI is InChI=1S/C23H25N3O3/c1-28-21-9-8-17(12-22(21)29-2)10-11-25-23(27)19-13-20(16-24-15-19)26-14-18-6-4-3-5-7-18/h3-9,12-13,15-16,26H,10-11,14H2,1-2H3,(H,25,27). The highest BCUT2D eigenvalue weighted by molar-refractivity contribution is 5.94. The highest BCUT2D eigenvalue weighted by Crippen LogP contribution is 2.27. The molecule has 0 atom stereocenters. The highest BCUT2D eigenvalue weighted by atomic mass is 16.5. The molecule has 0 bridgehead atoms. The van der Waals surface area contributed by atoms with Gasteiger partial charge >= 0.3 is 0 Å². The molecule has 0 saturated heterocycles. The highest BCUT2D eigenvalue weighted by Gasteiger charge is 2.08. The first kappa shape index (κ1) is 20.2. The van der Waals surface area contributed by atoms with E-state index in [1.807, 2.05) is 54.6 Å². The van der Waals surface area contributed by atoms with Crippen molar-refractivity contribution in [3.8, 4) is 11.5 Å². The van der Waals surface area contributed by atoms with Crippen molar-refractivity contribution in [1.29, 1.82) is 0 Å². The van der Waals surface area contributed by atoms with Crippen LogP contribution >= 0.6 is 0 Å². The Bertz CT molecular complexity index is 945. The average Bonchev–Trinajstić information content (AvgIpc) is 2.78. The Balaban J connectivity index is 1.53. The summed E-state index contributed by atoms with van der Waals surface area (Å²) in [5.74, 6) is 1.21.